The van der Waals surface area contributed by atoms with Crippen molar-refractivity contribution < 1.29 is 4.79 Å². The van der Waals surface area contributed by atoms with Gasteiger partial charge in [0.2, 0.25) is 0 Å². The van der Waals surface area contributed by atoms with Gasteiger partial charge in [-0.05, 0) is 57.7 Å². The van der Waals surface area contributed by atoms with E-state index in [1.54, 1.807) is 0 Å². The Hall–Kier alpha value is -1.59. The average Bonchev–Trinajstić information content (AvgIpc) is 2.56. The summed E-state index contributed by atoms with van der Waals surface area (Å²) in [6, 6.07) is 8.11. The highest BCUT2D eigenvalue weighted by molar-refractivity contribution is 5.89. The first kappa shape index (κ1) is 17.8. The topological polar surface area (TPSA) is 38.8 Å². The number of aryl methyl sites for hydroxylation is 1. The minimum atomic E-state index is 0.0159. The number of urea groups is 1. The predicted molar refractivity (Wildman–Crippen MR) is 96.0 cm³/mol. The number of hydrogen-bond donors (Lipinski definition) is 1. The molecule has 0 spiro atoms. The maximum atomic E-state index is 12.3. The summed E-state index contributed by atoms with van der Waals surface area (Å²) in [4.78, 5) is 18.9. The molecule has 2 rings (SSSR count). The van der Waals surface area contributed by atoms with Gasteiger partial charge in [-0.15, -0.1) is 0 Å². The molecule has 1 aliphatic heterocycles. The molecule has 1 aliphatic rings. The molecule has 2 amide bonds. The Labute approximate surface area is 140 Å². The highest BCUT2D eigenvalue weighted by atomic mass is 16.2. The van der Waals surface area contributed by atoms with E-state index < -0.39 is 0 Å². The fourth-order valence-corrected chi connectivity index (χ4v) is 2.81. The van der Waals surface area contributed by atoms with Gasteiger partial charge in [0.15, 0.2) is 0 Å². The molecule has 1 aromatic rings. The lowest BCUT2D eigenvalue weighted by Crippen LogP contribution is -2.50. The summed E-state index contributed by atoms with van der Waals surface area (Å²) in [5.41, 5.74) is 2.16. The summed E-state index contributed by atoms with van der Waals surface area (Å²) in [5, 5.41) is 3.00. The molecule has 0 radical (unpaired) electrons. The van der Waals surface area contributed by atoms with Gasteiger partial charge < -0.3 is 15.1 Å². The van der Waals surface area contributed by atoms with Gasteiger partial charge >= 0.3 is 6.03 Å². The Morgan fingerprint density at radius 2 is 1.78 bits per heavy atom. The van der Waals surface area contributed by atoms with E-state index in [0.717, 1.165) is 51.4 Å². The van der Waals surface area contributed by atoms with E-state index in [2.05, 4.69) is 48.3 Å². The number of nitrogens with one attached hydrogen (secondary N) is 1. The monoisotopic (exact) mass is 318 g/mol. The summed E-state index contributed by atoms with van der Waals surface area (Å²) in [6.45, 7) is 7.92. The summed E-state index contributed by atoms with van der Waals surface area (Å²) in [7, 11) is 4.21. The van der Waals surface area contributed by atoms with E-state index in [9.17, 15) is 4.79 Å². The largest absolute Gasteiger partial charge is 0.322 e. The lowest BCUT2D eigenvalue weighted by atomic mass is 10.1. The molecule has 1 fully saturated rings. The number of anilines is 1. The molecular formula is C18H30N4O. The van der Waals surface area contributed by atoms with Gasteiger partial charge in [0, 0.05) is 31.9 Å². The van der Waals surface area contributed by atoms with Crippen LogP contribution in [0.25, 0.3) is 0 Å². The molecule has 1 N–H and O–H groups in total. The van der Waals surface area contributed by atoms with Crippen LogP contribution in [0.2, 0.25) is 0 Å². The smallest absolute Gasteiger partial charge is 0.321 e. The van der Waals surface area contributed by atoms with E-state index in [4.69, 9.17) is 0 Å². The highest BCUT2D eigenvalue weighted by Crippen LogP contribution is 2.12. The SMILES string of the molecule is CCc1ccc(NC(=O)N2CCN(CCCN(C)C)CC2)cc1. The quantitative estimate of drug-likeness (QED) is 0.875. The van der Waals surface area contributed by atoms with Crippen molar-refractivity contribution in [3.8, 4) is 0 Å². The van der Waals surface area contributed by atoms with Gasteiger partial charge in [-0.2, -0.15) is 0 Å². The molecule has 23 heavy (non-hydrogen) atoms. The van der Waals surface area contributed by atoms with Crippen LogP contribution in [0.3, 0.4) is 0 Å². The highest BCUT2D eigenvalue weighted by Gasteiger charge is 2.20. The van der Waals surface area contributed by atoms with Crippen molar-refractivity contribution in [1.82, 2.24) is 14.7 Å². The number of nitrogens with zero attached hydrogens (tertiary/aromatic N) is 3. The molecule has 0 aromatic heterocycles. The van der Waals surface area contributed by atoms with E-state index >= 15 is 0 Å². The molecule has 1 saturated heterocycles. The molecule has 0 bridgehead atoms. The van der Waals surface area contributed by atoms with Crippen LogP contribution in [0.4, 0.5) is 10.5 Å². The molecule has 0 saturated carbocycles. The second-order valence-corrected chi connectivity index (χ2v) is 6.47. The summed E-state index contributed by atoms with van der Waals surface area (Å²) < 4.78 is 0. The molecule has 0 aliphatic carbocycles. The molecule has 5 heteroatoms. The van der Waals surface area contributed by atoms with E-state index in [0.29, 0.717) is 0 Å². The maximum absolute atomic E-state index is 12.3. The van der Waals surface area contributed by atoms with Crippen LogP contribution in [0, 0.1) is 0 Å². The molecule has 1 aromatic carbocycles. The normalized spacial score (nSPS) is 15.9. The first-order valence-electron chi connectivity index (χ1n) is 8.60. The van der Waals surface area contributed by atoms with Crippen molar-refractivity contribution in [2.75, 3.05) is 58.7 Å². The van der Waals surface area contributed by atoms with E-state index in [-0.39, 0.29) is 6.03 Å². The van der Waals surface area contributed by atoms with Crippen molar-refractivity contribution in [1.29, 1.82) is 0 Å². The Balaban J connectivity index is 1.72. The third kappa shape index (κ3) is 5.84. The molecular weight excluding hydrogens is 288 g/mol. The van der Waals surface area contributed by atoms with Crippen molar-refractivity contribution in [2.45, 2.75) is 19.8 Å². The average molecular weight is 318 g/mol. The standard InChI is InChI=1S/C18H30N4O/c1-4-16-6-8-17(9-7-16)19-18(23)22-14-12-21(13-15-22)11-5-10-20(2)3/h6-9H,4-5,10-15H2,1-3H3,(H,19,23). The summed E-state index contributed by atoms with van der Waals surface area (Å²) in [6.07, 6.45) is 2.20. The van der Waals surface area contributed by atoms with Gasteiger partial charge in [-0.3, -0.25) is 4.90 Å². The maximum Gasteiger partial charge on any atom is 0.321 e. The van der Waals surface area contributed by atoms with Crippen LogP contribution in [0.1, 0.15) is 18.9 Å². The van der Waals surface area contributed by atoms with Gasteiger partial charge in [0.25, 0.3) is 0 Å². The summed E-state index contributed by atoms with van der Waals surface area (Å²) in [5.74, 6) is 0. The number of piperazine rings is 1. The fourth-order valence-electron chi connectivity index (χ4n) is 2.81. The van der Waals surface area contributed by atoms with E-state index in [1.165, 1.54) is 12.0 Å². The Morgan fingerprint density at radius 3 is 2.35 bits per heavy atom. The van der Waals surface area contributed by atoms with Crippen LogP contribution in [-0.2, 0) is 6.42 Å². The van der Waals surface area contributed by atoms with Gasteiger partial charge in [-0.1, -0.05) is 19.1 Å². The second-order valence-electron chi connectivity index (χ2n) is 6.47. The third-order valence-corrected chi connectivity index (χ3v) is 4.35. The molecule has 0 atom stereocenters. The number of benzene rings is 1. The second kappa shape index (κ2) is 8.89. The summed E-state index contributed by atoms with van der Waals surface area (Å²) >= 11 is 0. The van der Waals surface area contributed by atoms with Crippen LogP contribution in [0.15, 0.2) is 24.3 Å². The number of carbonyl (C=O) groups excluding carboxylic acids is 1. The Kier molecular flexibility index (Phi) is 6.86. The van der Waals surface area contributed by atoms with E-state index in [1.807, 2.05) is 17.0 Å². The number of hydrogen-bond acceptors (Lipinski definition) is 3. The van der Waals surface area contributed by atoms with Gasteiger partial charge in [-0.25, -0.2) is 4.79 Å². The van der Waals surface area contributed by atoms with Crippen LogP contribution >= 0.6 is 0 Å². The number of amides is 2. The molecule has 0 unspecified atom stereocenters. The molecule has 5 nitrogen and oxygen atoms in total. The first-order chi connectivity index (χ1) is 11.1. The zero-order valence-electron chi connectivity index (χ0n) is 14.7. The molecule has 128 valence electrons. The van der Waals surface area contributed by atoms with Crippen molar-refractivity contribution in [2.24, 2.45) is 0 Å². The van der Waals surface area contributed by atoms with Crippen LogP contribution in [0.5, 0.6) is 0 Å². The fraction of sp³-hybridized carbons (Fsp3) is 0.611. The van der Waals surface area contributed by atoms with Crippen molar-refractivity contribution >= 4 is 11.7 Å². The van der Waals surface area contributed by atoms with Crippen molar-refractivity contribution in [3.05, 3.63) is 29.8 Å². The zero-order chi connectivity index (χ0) is 16.7. The van der Waals surface area contributed by atoms with Crippen LogP contribution in [-0.4, -0.2) is 74.1 Å². The van der Waals surface area contributed by atoms with Crippen molar-refractivity contribution in [3.63, 3.8) is 0 Å². The minimum Gasteiger partial charge on any atom is -0.322 e. The number of rotatable bonds is 6. The molecule has 1 heterocycles. The Bertz CT molecular complexity index is 478. The third-order valence-electron chi connectivity index (χ3n) is 4.35. The minimum absolute atomic E-state index is 0.0159. The lowest BCUT2D eigenvalue weighted by molar-refractivity contribution is 0.144. The zero-order valence-corrected chi connectivity index (χ0v) is 14.7. The first-order valence-corrected chi connectivity index (χ1v) is 8.60. The predicted octanol–water partition coefficient (Wildman–Crippen LogP) is 2.35. The Morgan fingerprint density at radius 1 is 1.13 bits per heavy atom. The lowest BCUT2D eigenvalue weighted by Gasteiger charge is -2.34. The van der Waals surface area contributed by atoms with Gasteiger partial charge in [0.05, 0.1) is 0 Å². The van der Waals surface area contributed by atoms with Crippen LogP contribution < -0.4 is 5.32 Å². The number of carbonyl (C=O) groups is 1. The van der Waals surface area contributed by atoms with Gasteiger partial charge in [0.1, 0.15) is 0 Å².